The molecule has 0 spiro atoms. The highest BCUT2D eigenvalue weighted by atomic mass is 32.2. The zero-order valence-electron chi connectivity index (χ0n) is 11.6. The molecule has 0 amide bonds. The number of rotatable bonds is 4. The van der Waals surface area contributed by atoms with E-state index in [-0.39, 0.29) is 6.61 Å². The topological polar surface area (TPSA) is 61.2 Å². The second-order valence-corrected chi connectivity index (χ2v) is 6.98. The van der Waals surface area contributed by atoms with Crippen LogP contribution >= 0.6 is 0 Å². The van der Waals surface area contributed by atoms with Crippen LogP contribution in [0.15, 0.2) is 6.20 Å². The molecular formula is C13H22N2O3S. The number of hydrogen-bond acceptors (Lipinski definition) is 4. The molecule has 0 atom stereocenters. The summed E-state index contributed by atoms with van der Waals surface area (Å²) >= 11 is 0. The van der Waals surface area contributed by atoms with Gasteiger partial charge >= 0.3 is 0 Å². The van der Waals surface area contributed by atoms with Crippen molar-refractivity contribution in [1.82, 2.24) is 9.78 Å². The van der Waals surface area contributed by atoms with E-state index in [9.17, 15) is 8.42 Å². The highest BCUT2D eigenvalue weighted by Crippen LogP contribution is 2.27. The average molecular weight is 286 g/mol. The van der Waals surface area contributed by atoms with Gasteiger partial charge in [0.15, 0.2) is 0 Å². The van der Waals surface area contributed by atoms with E-state index in [1.165, 1.54) is 25.7 Å². The first kappa shape index (κ1) is 14.5. The Balaban J connectivity index is 2.06. The zero-order valence-corrected chi connectivity index (χ0v) is 12.4. The Labute approximate surface area is 115 Å². The number of aryl methyl sites for hydroxylation is 1. The molecule has 5 nitrogen and oxygen atoms in total. The summed E-state index contributed by atoms with van der Waals surface area (Å²) in [6, 6.07) is 0.452. The minimum absolute atomic E-state index is 0.0807. The first-order chi connectivity index (χ1) is 8.96. The number of aromatic nitrogens is 2. The van der Waals surface area contributed by atoms with E-state index in [0.29, 0.717) is 6.04 Å². The lowest BCUT2D eigenvalue weighted by Crippen LogP contribution is -2.08. The van der Waals surface area contributed by atoms with Gasteiger partial charge in [-0.15, -0.1) is 0 Å². The van der Waals surface area contributed by atoms with Crippen molar-refractivity contribution in [1.29, 1.82) is 0 Å². The Kier molecular flexibility index (Phi) is 4.62. The van der Waals surface area contributed by atoms with Gasteiger partial charge in [0.2, 0.25) is 0 Å². The van der Waals surface area contributed by atoms with Crippen LogP contribution in [0.1, 0.15) is 55.8 Å². The summed E-state index contributed by atoms with van der Waals surface area (Å²) in [6.07, 6.45) is 10.4. The second kappa shape index (κ2) is 6.05. The Morgan fingerprint density at radius 1 is 1.32 bits per heavy atom. The van der Waals surface area contributed by atoms with Crippen LogP contribution in [-0.2, 0) is 20.9 Å². The molecule has 108 valence electrons. The van der Waals surface area contributed by atoms with Crippen LogP contribution in [0.4, 0.5) is 0 Å². The Bertz CT molecular complexity index is 514. The summed E-state index contributed by atoms with van der Waals surface area (Å²) in [5.41, 5.74) is 1.71. The van der Waals surface area contributed by atoms with Crippen molar-refractivity contribution >= 4 is 10.1 Å². The third-order valence-corrected chi connectivity index (χ3v) is 4.19. The van der Waals surface area contributed by atoms with Crippen molar-refractivity contribution in [2.45, 2.75) is 58.1 Å². The quantitative estimate of drug-likeness (QED) is 0.630. The second-order valence-electron chi connectivity index (χ2n) is 5.33. The molecule has 19 heavy (non-hydrogen) atoms. The normalized spacial score (nSPS) is 18.4. The number of nitrogens with zero attached hydrogens (tertiary/aromatic N) is 2. The van der Waals surface area contributed by atoms with E-state index in [4.69, 9.17) is 4.18 Å². The predicted octanol–water partition coefficient (Wildman–Crippen LogP) is 2.56. The molecular weight excluding hydrogens is 264 g/mol. The van der Waals surface area contributed by atoms with Crippen molar-refractivity contribution in [2.24, 2.45) is 0 Å². The summed E-state index contributed by atoms with van der Waals surface area (Å²) in [4.78, 5) is 0. The van der Waals surface area contributed by atoms with E-state index < -0.39 is 10.1 Å². The molecule has 1 aromatic rings. The fraction of sp³-hybridized carbons (Fsp3) is 0.769. The fourth-order valence-electron chi connectivity index (χ4n) is 2.54. The summed E-state index contributed by atoms with van der Waals surface area (Å²) in [5.74, 6) is 0. The van der Waals surface area contributed by atoms with Crippen molar-refractivity contribution in [3.05, 3.63) is 17.5 Å². The fourth-order valence-corrected chi connectivity index (χ4v) is 2.88. The van der Waals surface area contributed by atoms with Gasteiger partial charge in [-0.2, -0.15) is 13.5 Å². The van der Waals surface area contributed by atoms with Crippen LogP contribution in [-0.4, -0.2) is 24.5 Å². The lowest BCUT2D eigenvalue weighted by molar-refractivity contribution is 0.310. The monoisotopic (exact) mass is 286 g/mol. The molecule has 0 unspecified atom stereocenters. The third kappa shape index (κ3) is 4.31. The van der Waals surface area contributed by atoms with Crippen molar-refractivity contribution in [2.75, 3.05) is 6.26 Å². The Morgan fingerprint density at radius 2 is 1.95 bits per heavy atom. The van der Waals surface area contributed by atoms with E-state index in [0.717, 1.165) is 30.4 Å². The third-order valence-electron chi connectivity index (χ3n) is 3.65. The number of hydrogen-bond donors (Lipinski definition) is 0. The van der Waals surface area contributed by atoms with Crippen LogP contribution < -0.4 is 0 Å². The van der Waals surface area contributed by atoms with Gasteiger partial charge < -0.3 is 0 Å². The van der Waals surface area contributed by atoms with E-state index in [2.05, 4.69) is 5.10 Å². The highest BCUT2D eigenvalue weighted by molar-refractivity contribution is 7.85. The molecule has 0 bridgehead atoms. The Hall–Kier alpha value is -0.880. The molecule has 2 rings (SSSR count). The molecule has 1 aliphatic rings. The molecule has 1 saturated carbocycles. The van der Waals surface area contributed by atoms with E-state index in [1.807, 2.05) is 17.8 Å². The van der Waals surface area contributed by atoms with Crippen molar-refractivity contribution in [3.63, 3.8) is 0 Å². The van der Waals surface area contributed by atoms with Crippen molar-refractivity contribution in [3.8, 4) is 0 Å². The van der Waals surface area contributed by atoms with E-state index in [1.54, 1.807) is 0 Å². The standard InChI is InChI=1S/C13H22N2O3S/c1-11-12(10-18-19(2,16)17)9-15(14-11)13-7-5-3-4-6-8-13/h9,13H,3-8,10H2,1-2H3. The minimum atomic E-state index is -3.40. The maximum absolute atomic E-state index is 11.0. The molecule has 1 aromatic heterocycles. The van der Waals surface area contributed by atoms with Crippen molar-refractivity contribution < 1.29 is 12.6 Å². The Morgan fingerprint density at radius 3 is 2.53 bits per heavy atom. The van der Waals surface area contributed by atoms with Crippen LogP contribution in [0.2, 0.25) is 0 Å². The van der Waals surface area contributed by atoms with Gasteiger partial charge in [-0.25, -0.2) is 0 Å². The molecule has 1 fully saturated rings. The molecule has 0 radical (unpaired) electrons. The summed E-state index contributed by atoms with van der Waals surface area (Å²) in [6.45, 7) is 1.98. The van der Waals surface area contributed by atoms with Gasteiger partial charge in [-0.3, -0.25) is 8.86 Å². The maximum atomic E-state index is 11.0. The lowest BCUT2D eigenvalue weighted by atomic mass is 10.1. The van der Waals surface area contributed by atoms with Gasteiger partial charge in [0, 0.05) is 11.8 Å². The molecule has 0 aliphatic heterocycles. The molecule has 6 heteroatoms. The smallest absolute Gasteiger partial charge is 0.264 e. The highest BCUT2D eigenvalue weighted by Gasteiger charge is 2.17. The first-order valence-electron chi connectivity index (χ1n) is 6.85. The summed E-state index contributed by atoms with van der Waals surface area (Å²) in [5, 5.41) is 4.52. The van der Waals surface area contributed by atoms with Crippen LogP contribution in [0.5, 0.6) is 0 Å². The molecule has 0 aromatic carbocycles. The molecule has 1 heterocycles. The van der Waals surface area contributed by atoms with E-state index >= 15 is 0 Å². The predicted molar refractivity (Wildman–Crippen MR) is 73.3 cm³/mol. The van der Waals surface area contributed by atoms with Gasteiger partial charge in [-0.05, 0) is 19.8 Å². The van der Waals surface area contributed by atoms with Gasteiger partial charge in [0.05, 0.1) is 24.6 Å². The molecule has 0 N–H and O–H groups in total. The van der Waals surface area contributed by atoms with Gasteiger partial charge in [0.25, 0.3) is 10.1 Å². The zero-order chi connectivity index (χ0) is 13.9. The molecule has 0 saturated heterocycles. The lowest BCUT2D eigenvalue weighted by Gasteiger charge is -2.14. The SMILES string of the molecule is Cc1nn(C2CCCCCC2)cc1COS(C)(=O)=O. The molecule has 1 aliphatic carbocycles. The first-order valence-corrected chi connectivity index (χ1v) is 8.66. The van der Waals surface area contributed by atoms with Gasteiger partial charge in [-0.1, -0.05) is 25.7 Å². The summed E-state index contributed by atoms with van der Waals surface area (Å²) in [7, 11) is -3.40. The maximum Gasteiger partial charge on any atom is 0.264 e. The largest absolute Gasteiger partial charge is 0.269 e. The van der Waals surface area contributed by atoms with Crippen LogP contribution in [0.25, 0.3) is 0 Å². The van der Waals surface area contributed by atoms with Crippen LogP contribution in [0, 0.1) is 6.92 Å². The van der Waals surface area contributed by atoms with Crippen LogP contribution in [0.3, 0.4) is 0 Å². The van der Waals surface area contributed by atoms with Gasteiger partial charge in [0.1, 0.15) is 0 Å². The minimum Gasteiger partial charge on any atom is -0.269 e. The summed E-state index contributed by atoms with van der Waals surface area (Å²) < 4.78 is 28.9. The average Bonchev–Trinajstić information content (AvgIpc) is 2.54.